The first-order chi connectivity index (χ1) is 12.7. The van der Waals surface area contributed by atoms with E-state index in [2.05, 4.69) is 16.1 Å². The van der Waals surface area contributed by atoms with Crippen molar-refractivity contribution in [3.63, 3.8) is 0 Å². The molecule has 0 fully saturated rings. The largest absolute Gasteiger partial charge is 0.481 e. The number of amides is 1. The summed E-state index contributed by atoms with van der Waals surface area (Å²) in [5.74, 6) is 3.21. The molecule has 0 saturated heterocycles. The van der Waals surface area contributed by atoms with Crippen molar-refractivity contribution in [2.75, 3.05) is 6.61 Å². The molecule has 0 unspecified atom stereocenters. The summed E-state index contributed by atoms with van der Waals surface area (Å²) in [7, 11) is 0. The number of hydrogen-bond donors (Lipinski definition) is 1. The molecule has 0 bridgehead atoms. The number of nitrogens with zero attached hydrogens (tertiary/aromatic N) is 2. The van der Waals surface area contributed by atoms with Crippen LogP contribution in [0.25, 0.3) is 11.1 Å². The Balaban J connectivity index is 1.53. The molecule has 1 aromatic heterocycles. The van der Waals surface area contributed by atoms with Crippen molar-refractivity contribution in [2.24, 2.45) is 0 Å². The van der Waals surface area contributed by atoms with E-state index in [9.17, 15) is 4.79 Å². The smallest absolute Gasteiger partial charge is 0.254 e. The van der Waals surface area contributed by atoms with Crippen molar-refractivity contribution in [1.82, 2.24) is 15.1 Å². The highest BCUT2D eigenvalue weighted by Crippen LogP contribution is 2.29. The number of hydrogen-bond acceptors (Lipinski definition) is 3. The molecule has 26 heavy (non-hydrogen) atoms. The van der Waals surface area contributed by atoms with Crippen LogP contribution in [-0.2, 0) is 13.1 Å². The molecular weight excluding hydrogens is 326 g/mol. The topological polar surface area (TPSA) is 58.2 Å². The van der Waals surface area contributed by atoms with Crippen LogP contribution in [0.2, 0.25) is 0 Å². The molecule has 0 atom stereocenters. The molecular formula is C21H17N3O2. The Morgan fingerprint density at radius 2 is 2.15 bits per heavy atom. The number of terminal acetylenes is 1. The first-order valence-electron chi connectivity index (χ1n) is 8.31. The maximum Gasteiger partial charge on any atom is 0.254 e. The molecule has 0 aliphatic carbocycles. The van der Waals surface area contributed by atoms with Crippen molar-refractivity contribution >= 4 is 5.91 Å². The number of carbonyl (C=O) groups excluding carboxylic acids is 1. The normalized spacial score (nSPS) is 12.7. The van der Waals surface area contributed by atoms with E-state index in [-0.39, 0.29) is 12.5 Å². The third-order valence-electron chi connectivity index (χ3n) is 4.41. The van der Waals surface area contributed by atoms with Crippen LogP contribution in [0.5, 0.6) is 5.75 Å². The van der Waals surface area contributed by atoms with Crippen LogP contribution >= 0.6 is 0 Å². The first kappa shape index (κ1) is 16.0. The van der Waals surface area contributed by atoms with Crippen LogP contribution in [0, 0.1) is 12.3 Å². The molecule has 0 radical (unpaired) electrons. The van der Waals surface area contributed by atoms with Gasteiger partial charge in [0.05, 0.1) is 6.20 Å². The number of aromatic nitrogens is 2. The fourth-order valence-electron chi connectivity index (χ4n) is 3.16. The molecule has 4 rings (SSSR count). The van der Waals surface area contributed by atoms with Crippen molar-refractivity contribution in [2.45, 2.75) is 13.1 Å². The average Bonchev–Trinajstić information content (AvgIpc) is 3.29. The highest BCUT2D eigenvalue weighted by atomic mass is 16.5. The molecule has 1 aliphatic heterocycles. The Hall–Kier alpha value is -3.52. The third-order valence-corrected chi connectivity index (χ3v) is 4.41. The monoisotopic (exact) mass is 343 g/mol. The fourth-order valence-corrected chi connectivity index (χ4v) is 3.16. The molecule has 2 heterocycles. The van der Waals surface area contributed by atoms with Gasteiger partial charge in [0.2, 0.25) is 0 Å². The summed E-state index contributed by atoms with van der Waals surface area (Å²) < 4.78 is 5.46. The Kier molecular flexibility index (Phi) is 4.16. The lowest BCUT2D eigenvalue weighted by Crippen LogP contribution is -2.23. The number of fused-ring (bicyclic) bond motifs is 1. The van der Waals surface area contributed by atoms with Gasteiger partial charge in [-0.15, -0.1) is 6.42 Å². The van der Waals surface area contributed by atoms with E-state index < -0.39 is 0 Å². The van der Waals surface area contributed by atoms with Gasteiger partial charge < -0.3 is 9.64 Å². The second-order valence-corrected chi connectivity index (χ2v) is 6.16. The zero-order valence-electron chi connectivity index (χ0n) is 14.1. The quantitative estimate of drug-likeness (QED) is 0.724. The van der Waals surface area contributed by atoms with Gasteiger partial charge >= 0.3 is 0 Å². The number of H-pyrrole nitrogens is 1. The second-order valence-electron chi connectivity index (χ2n) is 6.16. The minimum atomic E-state index is 0.0419. The van der Waals surface area contributed by atoms with Crippen LogP contribution < -0.4 is 4.74 Å². The average molecular weight is 343 g/mol. The number of rotatable bonds is 5. The molecule has 0 spiro atoms. The lowest BCUT2D eigenvalue weighted by atomic mass is 10.0. The molecule has 0 saturated carbocycles. The van der Waals surface area contributed by atoms with Gasteiger partial charge in [-0.2, -0.15) is 5.10 Å². The molecule has 5 nitrogen and oxygen atoms in total. The van der Waals surface area contributed by atoms with Crippen LogP contribution in [0.3, 0.4) is 0 Å². The summed E-state index contributed by atoms with van der Waals surface area (Å²) in [5.41, 5.74) is 4.76. The zero-order valence-corrected chi connectivity index (χ0v) is 14.1. The van der Waals surface area contributed by atoms with Gasteiger partial charge in [-0.05, 0) is 34.9 Å². The minimum Gasteiger partial charge on any atom is -0.481 e. The van der Waals surface area contributed by atoms with Gasteiger partial charge in [-0.25, -0.2) is 0 Å². The van der Waals surface area contributed by atoms with Crippen LogP contribution in [0.1, 0.15) is 21.5 Å². The molecule has 1 amide bonds. The Bertz CT molecular complexity index is 987. The standard InChI is InChI=1S/C21H17N3O2/c1-2-8-26-19-5-3-4-15(9-19)13-24-14-17-7-6-16(10-20(17)21(24)25)18-11-22-23-12-18/h1,3-7,9-12H,8,13-14H2,(H,22,23). The predicted molar refractivity (Wildman–Crippen MR) is 98.4 cm³/mol. The maximum atomic E-state index is 12.8. The summed E-state index contributed by atoms with van der Waals surface area (Å²) in [6, 6.07) is 13.6. The van der Waals surface area contributed by atoms with Gasteiger partial charge in [-0.1, -0.05) is 30.2 Å². The molecule has 1 aliphatic rings. The zero-order chi connectivity index (χ0) is 17.9. The van der Waals surface area contributed by atoms with E-state index in [4.69, 9.17) is 11.2 Å². The van der Waals surface area contributed by atoms with Gasteiger partial charge in [-0.3, -0.25) is 9.89 Å². The Labute approximate surface area is 151 Å². The van der Waals surface area contributed by atoms with Crippen molar-refractivity contribution in [3.05, 3.63) is 71.5 Å². The Morgan fingerprint density at radius 3 is 2.96 bits per heavy atom. The van der Waals surface area contributed by atoms with E-state index in [1.165, 1.54) is 0 Å². The Morgan fingerprint density at radius 1 is 1.23 bits per heavy atom. The molecule has 3 aromatic rings. The van der Waals surface area contributed by atoms with E-state index in [0.29, 0.717) is 18.8 Å². The first-order valence-corrected chi connectivity index (χ1v) is 8.31. The molecule has 2 aromatic carbocycles. The maximum absolute atomic E-state index is 12.8. The summed E-state index contributed by atoms with van der Waals surface area (Å²) in [4.78, 5) is 14.7. The lowest BCUT2D eigenvalue weighted by molar-refractivity contribution is 0.0766. The molecule has 128 valence electrons. The van der Waals surface area contributed by atoms with E-state index in [0.717, 1.165) is 27.8 Å². The van der Waals surface area contributed by atoms with Gasteiger partial charge in [0.25, 0.3) is 5.91 Å². The van der Waals surface area contributed by atoms with Gasteiger partial charge in [0.15, 0.2) is 0 Å². The lowest BCUT2D eigenvalue weighted by Gasteiger charge is -2.16. The number of aromatic amines is 1. The summed E-state index contributed by atoms with van der Waals surface area (Å²) in [5, 5.41) is 6.77. The van der Waals surface area contributed by atoms with E-state index in [1.54, 1.807) is 6.20 Å². The second kappa shape index (κ2) is 6.77. The van der Waals surface area contributed by atoms with Crippen molar-refractivity contribution in [1.29, 1.82) is 0 Å². The SMILES string of the molecule is C#CCOc1cccc(CN2Cc3ccc(-c4cn[nH]c4)cc3C2=O)c1. The van der Waals surface area contributed by atoms with Gasteiger partial charge in [0.1, 0.15) is 12.4 Å². The highest BCUT2D eigenvalue weighted by Gasteiger charge is 2.27. The summed E-state index contributed by atoms with van der Waals surface area (Å²) in [6.07, 6.45) is 8.80. The summed E-state index contributed by atoms with van der Waals surface area (Å²) in [6.45, 7) is 1.37. The minimum absolute atomic E-state index is 0.0419. The van der Waals surface area contributed by atoms with E-state index >= 15 is 0 Å². The van der Waals surface area contributed by atoms with Gasteiger partial charge in [0, 0.05) is 30.4 Å². The molecule has 5 heteroatoms. The predicted octanol–water partition coefficient (Wildman–Crippen LogP) is 3.24. The number of carbonyl (C=O) groups is 1. The van der Waals surface area contributed by atoms with Crippen LogP contribution in [-0.4, -0.2) is 27.6 Å². The number of ether oxygens (including phenoxy) is 1. The fraction of sp³-hybridized carbons (Fsp3) is 0.143. The van der Waals surface area contributed by atoms with Crippen molar-refractivity contribution in [3.8, 4) is 29.2 Å². The van der Waals surface area contributed by atoms with Crippen LogP contribution in [0.4, 0.5) is 0 Å². The third kappa shape index (κ3) is 3.05. The van der Waals surface area contributed by atoms with E-state index in [1.807, 2.05) is 53.6 Å². The highest BCUT2D eigenvalue weighted by molar-refractivity contribution is 5.99. The van der Waals surface area contributed by atoms with Crippen molar-refractivity contribution < 1.29 is 9.53 Å². The number of nitrogens with one attached hydrogen (secondary N) is 1. The number of benzene rings is 2. The summed E-state index contributed by atoms with van der Waals surface area (Å²) >= 11 is 0. The molecule has 1 N–H and O–H groups in total. The van der Waals surface area contributed by atoms with Crippen LogP contribution in [0.15, 0.2) is 54.9 Å².